The molecule has 3 atom stereocenters. The Morgan fingerprint density at radius 3 is 2.54 bits per heavy atom. The average Bonchev–Trinajstić information content (AvgIpc) is 3.08. The van der Waals surface area contributed by atoms with E-state index in [0.29, 0.717) is 23.7 Å². The quantitative estimate of drug-likeness (QED) is 0.714. The van der Waals surface area contributed by atoms with Crippen LogP contribution in [0.15, 0.2) is 48.6 Å². The van der Waals surface area contributed by atoms with Crippen molar-refractivity contribution in [3.8, 4) is 0 Å². The maximum absolute atomic E-state index is 12.9. The molecule has 1 saturated heterocycles. The van der Waals surface area contributed by atoms with Crippen LogP contribution in [0.2, 0.25) is 0 Å². The maximum Gasteiger partial charge on any atom is 0.168 e. The highest BCUT2D eigenvalue weighted by Crippen LogP contribution is 2.40. The second kappa shape index (κ2) is 7.06. The first kappa shape index (κ1) is 17.2. The van der Waals surface area contributed by atoms with Gasteiger partial charge in [0, 0.05) is 36.5 Å². The number of hydrogen-bond donors (Lipinski definition) is 0. The fourth-order valence-corrected chi connectivity index (χ4v) is 4.51. The lowest BCUT2D eigenvalue weighted by Gasteiger charge is -2.33. The third kappa shape index (κ3) is 3.12. The van der Waals surface area contributed by atoms with Gasteiger partial charge in [0.05, 0.1) is 0 Å². The van der Waals surface area contributed by atoms with Crippen molar-refractivity contribution < 1.29 is 4.79 Å². The van der Waals surface area contributed by atoms with E-state index in [1.165, 1.54) is 5.57 Å². The van der Waals surface area contributed by atoms with Gasteiger partial charge in [-0.05, 0) is 17.9 Å². The summed E-state index contributed by atoms with van der Waals surface area (Å²) in [5.74, 6) is 1.37. The molecule has 3 rings (SSSR count). The number of benzene rings is 1. The van der Waals surface area contributed by atoms with Gasteiger partial charge in [-0.15, -0.1) is 0 Å². The Bertz CT molecular complexity index is 643. The van der Waals surface area contributed by atoms with Crippen LogP contribution in [0.25, 0.3) is 5.57 Å². The first-order valence-corrected chi connectivity index (χ1v) is 9.26. The number of allylic oxidation sites excluding steroid dienone is 1. The normalized spacial score (nSPS) is 25.0. The number of ketones is 1. The van der Waals surface area contributed by atoms with E-state index in [2.05, 4.69) is 38.3 Å². The third-order valence-corrected chi connectivity index (χ3v) is 5.48. The highest BCUT2D eigenvalue weighted by molar-refractivity contribution is 6.24. The van der Waals surface area contributed by atoms with E-state index in [0.717, 1.165) is 37.1 Å². The predicted molar refractivity (Wildman–Crippen MR) is 101 cm³/mol. The molecule has 1 fully saturated rings. The standard InChI is InChI=1S/C22H29NO/c1-5-9-16(4)21(15(2)3)23-13-18-12-19(22(24)20(18)14-23)17-10-7-6-8-11-17/h6-8,10-12,15,18,20-21H,4-5,9,13-14H2,1-3H3/t18?,20?,21-/m0/s1. The summed E-state index contributed by atoms with van der Waals surface area (Å²) >= 11 is 0. The van der Waals surface area contributed by atoms with E-state index in [9.17, 15) is 4.79 Å². The van der Waals surface area contributed by atoms with Crippen molar-refractivity contribution in [3.63, 3.8) is 0 Å². The second-order valence-corrected chi connectivity index (χ2v) is 7.63. The van der Waals surface area contributed by atoms with Gasteiger partial charge in [0.2, 0.25) is 0 Å². The smallest absolute Gasteiger partial charge is 0.168 e. The SMILES string of the molecule is C=C(CCC)[C@H](C(C)C)N1CC2C=C(c3ccccc3)C(=O)C2C1. The van der Waals surface area contributed by atoms with Crippen LogP contribution in [0.5, 0.6) is 0 Å². The Balaban J connectivity index is 1.78. The fourth-order valence-electron chi connectivity index (χ4n) is 4.51. The van der Waals surface area contributed by atoms with Gasteiger partial charge >= 0.3 is 0 Å². The molecule has 2 nitrogen and oxygen atoms in total. The Morgan fingerprint density at radius 2 is 1.96 bits per heavy atom. The molecule has 1 aliphatic heterocycles. The summed E-state index contributed by atoms with van der Waals surface area (Å²) in [6.45, 7) is 13.0. The topological polar surface area (TPSA) is 20.3 Å². The zero-order valence-corrected chi connectivity index (χ0v) is 15.2. The summed E-state index contributed by atoms with van der Waals surface area (Å²) in [6, 6.07) is 10.5. The highest BCUT2D eigenvalue weighted by atomic mass is 16.1. The first-order valence-electron chi connectivity index (χ1n) is 9.26. The van der Waals surface area contributed by atoms with Crippen LogP contribution in [-0.2, 0) is 4.79 Å². The number of rotatable bonds is 6. The van der Waals surface area contributed by atoms with Crippen molar-refractivity contribution in [1.29, 1.82) is 0 Å². The molecule has 2 unspecified atom stereocenters. The van der Waals surface area contributed by atoms with Crippen molar-refractivity contribution in [1.82, 2.24) is 4.90 Å². The Hall–Kier alpha value is -1.67. The molecule has 1 aromatic rings. The number of likely N-dealkylation sites (tertiary alicyclic amines) is 1. The summed E-state index contributed by atoms with van der Waals surface area (Å²) in [4.78, 5) is 15.4. The van der Waals surface area contributed by atoms with E-state index in [1.54, 1.807) is 0 Å². The molecule has 0 aromatic heterocycles. The molecular formula is C22H29NO. The minimum absolute atomic E-state index is 0.135. The molecule has 2 heteroatoms. The molecule has 1 heterocycles. The van der Waals surface area contributed by atoms with Gasteiger partial charge in [-0.3, -0.25) is 9.69 Å². The molecule has 1 aromatic carbocycles. The van der Waals surface area contributed by atoms with Crippen molar-refractivity contribution >= 4 is 11.4 Å². The average molecular weight is 323 g/mol. The van der Waals surface area contributed by atoms with Crippen LogP contribution in [0.1, 0.15) is 39.2 Å². The van der Waals surface area contributed by atoms with E-state index in [1.807, 2.05) is 30.3 Å². The number of hydrogen-bond acceptors (Lipinski definition) is 2. The van der Waals surface area contributed by atoms with Crippen molar-refractivity contribution in [2.24, 2.45) is 17.8 Å². The molecule has 0 spiro atoms. The van der Waals surface area contributed by atoms with Crippen LogP contribution in [-0.4, -0.2) is 29.8 Å². The molecular weight excluding hydrogens is 294 g/mol. The van der Waals surface area contributed by atoms with Gasteiger partial charge in [0.15, 0.2) is 5.78 Å². The lowest BCUT2D eigenvalue weighted by Crippen LogP contribution is -2.39. The van der Waals surface area contributed by atoms with Crippen molar-refractivity contribution in [2.45, 2.75) is 39.7 Å². The number of Topliss-reactive ketones (excluding diaryl/α,β-unsaturated/α-hetero) is 1. The van der Waals surface area contributed by atoms with Gasteiger partial charge in [0.1, 0.15) is 0 Å². The molecule has 0 saturated carbocycles. The van der Waals surface area contributed by atoms with E-state index >= 15 is 0 Å². The minimum Gasteiger partial charge on any atom is -0.295 e. The molecule has 0 radical (unpaired) electrons. The zero-order valence-electron chi connectivity index (χ0n) is 15.2. The third-order valence-electron chi connectivity index (χ3n) is 5.48. The number of carbonyl (C=O) groups excluding carboxylic acids is 1. The van der Waals surface area contributed by atoms with Crippen molar-refractivity contribution in [3.05, 3.63) is 54.1 Å². The molecule has 24 heavy (non-hydrogen) atoms. The van der Waals surface area contributed by atoms with Gasteiger partial charge < -0.3 is 0 Å². The maximum atomic E-state index is 12.9. The highest BCUT2D eigenvalue weighted by Gasteiger charge is 2.45. The summed E-state index contributed by atoms with van der Waals surface area (Å²) in [5.41, 5.74) is 3.32. The number of carbonyl (C=O) groups is 1. The molecule has 128 valence electrons. The predicted octanol–water partition coefficient (Wildman–Crippen LogP) is 4.58. The van der Waals surface area contributed by atoms with Crippen LogP contribution in [0.3, 0.4) is 0 Å². The van der Waals surface area contributed by atoms with Gasteiger partial charge in [0.25, 0.3) is 0 Å². The fraction of sp³-hybridized carbons (Fsp3) is 0.500. The molecule has 0 amide bonds. The largest absolute Gasteiger partial charge is 0.295 e. The molecule has 0 N–H and O–H groups in total. The number of nitrogens with zero attached hydrogens (tertiary/aromatic N) is 1. The van der Waals surface area contributed by atoms with Gasteiger partial charge in [-0.1, -0.05) is 75.8 Å². The van der Waals surface area contributed by atoms with Crippen LogP contribution in [0, 0.1) is 17.8 Å². The number of fused-ring (bicyclic) bond motifs is 1. The lowest BCUT2D eigenvalue weighted by atomic mass is 9.92. The van der Waals surface area contributed by atoms with E-state index < -0.39 is 0 Å². The van der Waals surface area contributed by atoms with Crippen LogP contribution in [0.4, 0.5) is 0 Å². The van der Waals surface area contributed by atoms with Crippen LogP contribution < -0.4 is 0 Å². The Kier molecular flexibility index (Phi) is 5.05. The summed E-state index contributed by atoms with van der Waals surface area (Å²) < 4.78 is 0. The van der Waals surface area contributed by atoms with Gasteiger partial charge in [-0.25, -0.2) is 0 Å². The Labute approximate surface area is 146 Å². The molecule has 2 aliphatic rings. The lowest BCUT2D eigenvalue weighted by molar-refractivity contribution is -0.116. The minimum atomic E-state index is 0.135. The van der Waals surface area contributed by atoms with E-state index in [4.69, 9.17) is 0 Å². The van der Waals surface area contributed by atoms with Crippen LogP contribution >= 0.6 is 0 Å². The molecule has 0 bridgehead atoms. The first-order chi connectivity index (χ1) is 11.5. The summed E-state index contributed by atoms with van der Waals surface area (Å²) in [5, 5.41) is 0. The second-order valence-electron chi connectivity index (χ2n) is 7.63. The van der Waals surface area contributed by atoms with Gasteiger partial charge in [-0.2, -0.15) is 0 Å². The van der Waals surface area contributed by atoms with E-state index in [-0.39, 0.29) is 5.92 Å². The summed E-state index contributed by atoms with van der Waals surface area (Å²) in [7, 11) is 0. The zero-order chi connectivity index (χ0) is 17.3. The Morgan fingerprint density at radius 1 is 1.25 bits per heavy atom. The summed E-state index contributed by atoms with van der Waals surface area (Å²) in [6.07, 6.45) is 4.44. The monoisotopic (exact) mass is 323 g/mol. The van der Waals surface area contributed by atoms with Crippen molar-refractivity contribution in [2.75, 3.05) is 13.1 Å². The molecule has 1 aliphatic carbocycles.